The maximum atomic E-state index is 13.0. The zero-order chi connectivity index (χ0) is 30.5. The van der Waals surface area contributed by atoms with Gasteiger partial charge in [-0.3, -0.25) is 9.59 Å². The summed E-state index contributed by atoms with van der Waals surface area (Å²) in [7, 11) is 3.38. The Kier molecular flexibility index (Phi) is 13.7. The first-order valence-electron chi connectivity index (χ1n) is 13.7. The van der Waals surface area contributed by atoms with Crippen LogP contribution in [-0.4, -0.2) is 68.5 Å². The Morgan fingerprint density at radius 2 is 1.82 bits per heavy atom. The fourth-order valence-corrected chi connectivity index (χ4v) is 4.10. The highest BCUT2D eigenvalue weighted by atomic mass is 19.3. The Hall–Kier alpha value is -3.54. The van der Waals surface area contributed by atoms with E-state index in [1.54, 1.807) is 37.3 Å². The molecule has 2 heterocycles. The predicted octanol–water partition coefficient (Wildman–Crippen LogP) is 4.97. The topological polar surface area (TPSA) is 138 Å². The molecule has 0 bridgehead atoms. The summed E-state index contributed by atoms with van der Waals surface area (Å²) in [6.45, 7) is 9.92. The second-order valence-electron chi connectivity index (χ2n) is 9.43. The number of primary amides is 1. The fourth-order valence-electron chi connectivity index (χ4n) is 4.10. The quantitative estimate of drug-likeness (QED) is 0.200. The number of nitrogens with two attached hydrogens (primary N) is 1. The number of allylic oxidation sites excluding steroid dienone is 3. The number of halogens is 2. The number of amides is 1. The van der Waals surface area contributed by atoms with Gasteiger partial charge in [0.1, 0.15) is 17.2 Å². The molecule has 2 aliphatic rings. The minimum absolute atomic E-state index is 0.139. The zero-order valence-electron chi connectivity index (χ0n) is 24.7. The van der Waals surface area contributed by atoms with Crippen molar-refractivity contribution in [3.05, 3.63) is 41.9 Å². The van der Waals surface area contributed by atoms with Crippen LogP contribution in [0.2, 0.25) is 0 Å². The van der Waals surface area contributed by atoms with Gasteiger partial charge >= 0.3 is 0 Å². The number of rotatable bonds is 8. The summed E-state index contributed by atoms with van der Waals surface area (Å²) in [5.74, 6) is -2.45. The number of carbonyl (C=O) groups excluding carboxylic acids is 2. The van der Waals surface area contributed by atoms with Crippen LogP contribution in [0.5, 0.6) is 0 Å². The lowest BCUT2D eigenvalue weighted by Crippen LogP contribution is -2.47. The van der Waals surface area contributed by atoms with Gasteiger partial charge < -0.3 is 26.4 Å². The molecule has 1 amide bonds. The first kappa shape index (κ1) is 34.5. The first-order valence-corrected chi connectivity index (χ1v) is 13.7. The lowest BCUT2D eigenvalue weighted by Gasteiger charge is -2.40. The van der Waals surface area contributed by atoms with Crippen molar-refractivity contribution < 1.29 is 23.5 Å². The van der Waals surface area contributed by atoms with Crippen molar-refractivity contribution in [2.24, 2.45) is 5.73 Å². The number of aldehydes is 1. The number of aromatic nitrogens is 3. The molecule has 0 unspecified atom stereocenters. The van der Waals surface area contributed by atoms with Gasteiger partial charge in [-0.2, -0.15) is 9.61 Å². The van der Waals surface area contributed by atoms with E-state index in [0.717, 1.165) is 12.8 Å². The highest BCUT2D eigenvalue weighted by Crippen LogP contribution is 2.40. The summed E-state index contributed by atoms with van der Waals surface area (Å²) in [6, 6.07) is 1.38. The molecule has 5 N–H and O–H groups in total. The first-order chi connectivity index (χ1) is 18.9. The van der Waals surface area contributed by atoms with Crippen LogP contribution in [0.15, 0.2) is 36.3 Å². The lowest BCUT2D eigenvalue weighted by atomic mass is 9.87. The average Bonchev–Trinajstić information content (AvgIpc) is 3.54. The molecule has 0 aromatic carbocycles. The molecular weight excluding hydrogens is 520 g/mol. The van der Waals surface area contributed by atoms with Gasteiger partial charge in [-0.05, 0) is 38.1 Å². The van der Waals surface area contributed by atoms with E-state index < -0.39 is 11.8 Å². The van der Waals surface area contributed by atoms with Crippen LogP contribution in [0.25, 0.3) is 5.65 Å². The third-order valence-corrected chi connectivity index (χ3v) is 6.31. The largest absolute Gasteiger partial charge is 0.390 e. The molecule has 2 saturated carbocycles. The molecular formula is C28H45F2N7O3. The van der Waals surface area contributed by atoms with Crippen molar-refractivity contribution in [2.45, 2.75) is 90.7 Å². The number of aliphatic hydroxyl groups is 1. The number of nitrogens with one attached hydrogen (secondary N) is 2. The van der Waals surface area contributed by atoms with Gasteiger partial charge in [-0.1, -0.05) is 40.5 Å². The number of alkyl halides is 2. The predicted molar refractivity (Wildman–Crippen MR) is 155 cm³/mol. The van der Waals surface area contributed by atoms with Gasteiger partial charge in [-0.25, -0.2) is 13.8 Å². The summed E-state index contributed by atoms with van der Waals surface area (Å²) < 4.78 is 27.3. The van der Waals surface area contributed by atoms with E-state index in [9.17, 15) is 23.5 Å². The number of fused-ring (bicyclic) bond motifs is 1. The molecule has 12 heteroatoms. The summed E-state index contributed by atoms with van der Waals surface area (Å²) in [5, 5.41) is 19.0. The normalized spacial score (nSPS) is 17.3. The van der Waals surface area contributed by atoms with Gasteiger partial charge in [0.25, 0.3) is 11.8 Å². The van der Waals surface area contributed by atoms with Crippen LogP contribution in [0.1, 0.15) is 83.5 Å². The average molecular weight is 566 g/mol. The second-order valence-corrected chi connectivity index (χ2v) is 9.43. The monoisotopic (exact) mass is 565 g/mol. The summed E-state index contributed by atoms with van der Waals surface area (Å²) in [6.07, 6.45) is 10.7. The number of carbonyl (C=O) groups is 2. The van der Waals surface area contributed by atoms with Gasteiger partial charge in [0, 0.05) is 39.0 Å². The molecule has 2 aliphatic carbocycles. The fraction of sp³-hybridized carbons (Fsp3) is 0.571. The van der Waals surface area contributed by atoms with Crippen LogP contribution in [-0.2, 0) is 4.79 Å². The molecule has 2 aromatic rings. The van der Waals surface area contributed by atoms with Gasteiger partial charge in [0.2, 0.25) is 0 Å². The van der Waals surface area contributed by atoms with Gasteiger partial charge in [0.05, 0.1) is 17.5 Å². The zero-order valence-corrected chi connectivity index (χ0v) is 24.7. The van der Waals surface area contributed by atoms with Crippen molar-refractivity contribution in [1.82, 2.24) is 19.5 Å². The molecule has 224 valence electrons. The maximum absolute atomic E-state index is 13.0. The molecule has 0 saturated heterocycles. The number of nitrogens with zero attached hydrogens (tertiary/aromatic N) is 4. The van der Waals surface area contributed by atoms with Crippen molar-refractivity contribution in [2.75, 3.05) is 24.7 Å². The van der Waals surface area contributed by atoms with E-state index in [1.165, 1.54) is 29.6 Å². The van der Waals surface area contributed by atoms with E-state index in [-0.39, 0.29) is 41.4 Å². The Balaban J connectivity index is 0.000000617. The van der Waals surface area contributed by atoms with Crippen molar-refractivity contribution in [3.8, 4) is 0 Å². The molecule has 2 aromatic heterocycles. The van der Waals surface area contributed by atoms with E-state index in [4.69, 9.17) is 5.73 Å². The van der Waals surface area contributed by atoms with Crippen LogP contribution < -0.4 is 16.4 Å². The smallest absolute Gasteiger partial charge is 0.254 e. The van der Waals surface area contributed by atoms with Gasteiger partial charge in [-0.15, -0.1) is 0 Å². The Morgan fingerprint density at radius 1 is 1.23 bits per heavy atom. The van der Waals surface area contributed by atoms with E-state index in [0.29, 0.717) is 17.9 Å². The molecule has 0 aliphatic heterocycles. The minimum atomic E-state index is -2.59. The Bertz CT molecular complexity index is 1150. The molecule has 10 nitrogen and oxygen atoms in total. The third-order valence-electron chi connectivity index (χ3n) is 6.31. The second kappa shape index (κ2) is 15.9. The number of anilines is 2. The Labute approximate surface area is 235 Å². The van der Waals surface area contributed by atoms with Crippen LogP contribution in [0, 0.1) is 0 Å². The molecule has 40 heavy (non-hydrogen) atoms. The number of hydrogen-bond acceptors (Lipinski definition) is 8. The lowest BCUT2D eigenvalue weighted by molar-refractivity contribution is -0.112. The van der Waals surface area contributed by atoms with Gasteiger partial charge in [0.15, 0.2) is 11.9 Å². The van der Waals surface area contributed by atoms with E-state index >= 15 is 0 Å². The van der Waals surface area contributed by atoms with Crippen molar-refractivity contribution in [3.63, 3.8) is 0 Å². The van der Waals surface area contributed by atoms with Crippen LogP contribution >= 0.6 is 0 Å². The molecule has 0 atom stereocenters. The van der Waals surface area contributed by atoms with Crippen molar-refractivity contribution in [1.29, 1.82) is 0 Å². The highest BCUT2D eigenvalue weighted by molar-refractivity contribution is 5.99. The molecule has 0 spiro atoms. The standard InChI is InChI=1S/C18H21F2N7O2.C6H12O.2C2H6/c1-22-15-6-14(25-17-13(16(21)29)9-23-27(15)17)24-11(10-28)4-3-5-26(2)12-7-18(19,20)8-12;1-6(7)4-2-3-5-6;2*1-2/h3-6,9-10,12,22H,7-8H2,1-2H3,(H2,21,29)(H,24,25);7H,2-5H2,1H3;2*1-2H3/b5-3-,11-4+;;;. The van der Waals surface area contributed by atoms with Crippen LogP contribution in [0.4, 0.5) is 20.4 Å². The molecule has 2 fully saturated rings. The molecule has 0 radical (unpaired) electrons. The Morgan fingerprint density at radius 3 is 2.27 bits per heavy atom. The maximum Gasteiger partial charge on any atom is 0.254 e. The molecule has 4 rings (SSSR count). The summed E-state index contributed by atoms with van der Waals surface area (Å²) in [4.78, 5) is 28.9. The summed E-state index contributed by atoms with van der Waals surface area (Å²) >= 11 is 0. The van der Waals surface area contributed by atoms with Crippen LogP contribution in [0.3, 0.4) is 0 Å². The third kappa shape index (κ3) is 9.89. The number of hydrogen-bond donors (Lipinski definition) is 4. The SMILES string of the molecule is CC.CC.CC1(O)CCCC1.CNc1cc(N/C(C=O)=C/C=C\N(C)C2CC(F)(F)C2)nc2c(C(N)=O)cnn12. The van der Waals surface area contributed by atoms with E-state index in [1.807, 2.05) is 34.6 Å². The highest BCUT2D eigenvalue weighted by Gasteiger charge is 2.46. The summed E-state index contributed by atoms with van der Waals surface area (Å²) in [5.41, 5.74) is 5.60. The van der Waals surface area contributed by atoms with E-state index in [2.05, 4.69) is 20.7 Å². The minimum Gasteiger partial charge on any atom is -0.390 e. The van der Waals surface area contributed by atoms with Crippen molar-refractivity contribution >= 4 is 29.5 Å².